The van der Waals surface area contributed by atoms with E-state index in [4.69, 9.17) is 14.2 Å². The first-order chi connectivity index (χ1) is 12.5. The van der Waals surface area contributed by atoms with Crippen LogP contribution in [0.15, 0.2) is 36.4 Å². The summed E-state index contributed by atoms with van der Waals surface area (Å²) < 4.78 is 17.1. The summed E-state index contributed by atoms with van der Waals surface area (Å²) in [5.74, 6) is -2.33. The summed E-state index contributed by atoms with van der Waals surface area (Å²) in [6.45, 7) is 0.783. The zero-order valence-corrected chi connectivity index (χ0v) is 13.4. The van der Waals surface area contributed by atoms with Gasteiger partial charge in [-0.15, -0.1) is 0 Å². The van der Waals surface area contributed by atoms with Gasteiger partial charge in [0.1, 0.15) is 0 Å². The maximum Gasteiger partial charge on any atom is 0.271 e. The van der Waals surface area contributed by atoms with Crippen molar-refractivity contribution in [3.05, 3.63) is 46.5 Å². The second kappa shape index (κ2) is 5.19. The van der Waals surface area contributed by atoms with E-state index in [1.165, 1.54) is 24.3 Å². The van der Waals surface area contributed by atoms with Crippen LogP contribution in [-0.4, -0.2) is 47.9 Å². The lowest BCUT2D eigenvalue weighted by molar-refractivity contribution is -0.384. The number of hydrogen-bond acceptors (Lipinski definition) is 7. The summed E-state index contributed by atoms with van der Waals surface area (Å²) in [5, 5.41) is 11.0. The molecule has 0 radical (unpaired) electrons. The maximum atomic E-state index is 13.1. The van der Waals surface area contributed by atoms with Crippen molar-refractivity contribution >= 4 is 23.2 Å². The van der Waals surface area contributed by atoms with Gasteiger partial charge in [0.25, 0.3) is 5.69 Å². The predicted molar refractivity (Wildman–Crippen MR) is 85.0 cm³/mol. The molecule has 2 amide bonds. The van der Waals surface area contributed by atoms with Crippen molar-refractivity contribution in [3.63, 3.8) is 0 Å². The van der Waals surface area contributed by atoms with Gasteiger partial charge in [0.05, 0.1) is 41.8 Å². The van der Waals surface area contributed by atoms with E-state index in [0.29, 0.717) is 13.2 Å². The Morgan fingerprint density at radius 1 is 1.19 bits per heavy atom. The average molecular weight is 358 g/mol. The number of ether oxygens (including phenoxy) is 3. The Balaban J connectivity index is 1.55. The summed E-state index contributed by atoms with van der Waals surface area (Å²) in [7, 11) is 0. The third kappa shape index (κ3) is 1.84. The molecule has 9 heteroatoms. The third-order valence-electron chi connectivity index (χ3n) is 5.37. The van der Waals surface area contributed by atoms with Crippen molar-refractivity contribution < 1.29 is 28.7 Å². The molecule has 5 rings (SSSR count). The Labute approximate surface area is 147 Å². The van der Waals surface area contributed by atoms with Crippen LogP contribution in [0.2, 0.25) is 0 Å². The standard InChI is InChI=1S/C17H14N2O7/c20-14-12-11-4-5-17(26-11,16-24-6-7-25-16)13(12)15(21)18(14)9-2-1-3-10(8-9)19(22)23/h1-5,8,11-13,16H,6-7H2/t11-,12+,13-,17-/m1/s1. The first-order valence-corrected chi connectivity index (χ1v) is 8.25. The SMILES string of the molecule is O=C1[C@H]2[C@H]3C=C[C@@](C4OCCO4)(O3)[C@H]2C(=O)N1c1cccc([N+](=O)[O-])c1. The number of fused-ring (bicyclic) bond motifs is 5. The van der Waals surface area contributed by atoms with Crippen LogP contribution in [0.4, 0.5) is 11.4 Å². The molecule has 9 nitrogen and oxygen atoms in total. The first kappa shape index (κ1) is 15.6. The molecular weight excluding hydrogens is 344 g/mol. The number of non-ortho nitro benzene ring substituents is 1. The Kier molecular flexibility index (Phi) is 3.12. The molecule has 26 heavy (non-hydrogen) atoms. The topological polar surface area (TPSA) is 108 Å². The number of carbonyl (C=O) groups is 2. The van der Waals surface area contributed by atoms with Crippen molar-refractivity contribution in [3.8, 4) is 0 Å². The highest BCUT2D eigenvalue weighted by Crippen LogP contribution is 2.55. The number of hydrogen-bond donors (Lipinski definition) is 0. The number of imide groups is 1. The van der Waals surface area contributed by atoms with Gasteiger partial charge in [0.15, 0.2) is 11.9 Å². The molecule has 4 atom stereocenters. The number of nitrogens with zero attached hydrogens (tertiary/aromatic N) is 2. The van der Waals surface area contributed by atoms with Gasteiger partial charge in [-0.3, -0.25) is 19.7 Å². The van der Waals surface area contributed by atoms with Crippen molar-refractivity contribution in [2.45, 2.75) is 18.0 Å². The fourth-order valence-corrected chi connectivity index (χ4v) is 4.33. The highest BCUT2D eigenvalue weighted by molar-refractivity contribution is 6.23. The molecule has 0 saturated carbocycles. The van der Waals surface area contributed by atoms with E-state index >= 15 is 0 Å². The van der Waals surface area contributed by atoms with E-state index in [9.17, 15) is 19.7 Å². The summed E-state index contributed by atoms with van der Waals surface area (Å²) in [6, 6.07) is 5.49. The van der Waals surface area contributed by atoms with Crippen LogP contribution in [0.1, 0.15) is 0 Å². The lowest BCUT2D eigenvalue weighted by Crippen LogP contribution is -2.49. The van der Waals surface area contributed by atoms with Crippen LogP contribution in [0.3, 0.4) is 0 Å². The molecule has 0 spiro atoms. The maximum absolute atomic E-state index is 13.1. The lowest BCUT2D eigenvalue weighted by atomic mass is 9.76. The fourth-order valence-electron chi connectivity index (χ4n) is 4.33. The molecule has 4 aliphatic rings. The second-order valence-corrected chi connectivity index (χ2v) is 6.66. The van der Waals surface area contributed by atoms with Gasteiger partial charge in [0, 0.05) is 12.1 Å². The lowest BCUT2D eigenvalue weighted by Gasteiger charge is -2.32. The molecule has 0 aromatic heterocycles. The zero-order chi connectivity index (χ0) is 18.1. The molecule has 3 fully saturated rings. The van der Waals surface area contributed by atoms with E-state index in [0.717, 1.165) is 4.90 Å². The van der Waals surface area contributed by atoms with Crippen molar-refractivity contribution in [2.24, 2.45) is 11.8 Å². The van der Waals surface area contributed by atoms with Crippen molar-refractivity contribution in [2.75, 3.05) is 18.1 Å². The molecule has 0 aliphatic carbocycles. The summed E-state index contributed by atoms with van der Waals surface area (Å²) >= 11 is 0. The largest absolute Gasteiger partial charge is 0.357 e. The summed E-state index contributed by atoms with van der Waals surface area (Å²) in [5.41, 5.74) is -1.13. The minimum absolute atomic E-state index is 0.185. The van der Waals surface area contributed by atoms with Gasteiger partial charge in [0.2, 0.25) is 11.8 Å². The number of amides is 2. The summed E-state index contributed by atoms with van der Waals surface area (Å²) in [6.07, 6.45) is 2.22. The van der Waals surface area contributed by atoms with Gasteiger partial charge in [-0.1, -0.05) is 12.1 Å². The number of anilines is 1. The van der Waals surface area contributed by atoms with Gasteiger partial charge in [-0.25, -0.2) is 4.90 Å². The molecule has 3 saturated heterocycles. The third-order valence-corrected chi connectivity index (χ3v) is 5.37. The molecule has 0 N–H and O–H groups in total. The Bertz CT molecular complexity index is 862. The molecule has 134 valence electrons. The monoisotopic (exact) mass is 358 g/mol. The summed E-state index contributed by atoms with van der Waals surface area (Å²) in [4.78, 5) is 37.6. The normalized spacial score (nSPS) is 35.5. The van der Waals surface area contributed by atoms with Crippen molar-refractivity contribution in [1.82, 2.24) is 0 Å². The first-order valence-electron chi connectivity index (χ1n) is 8.25. The molecule has 1 aromatic rings. The van der Waals surface area contributed by atoms with Crippen molar-refractivity contribution in [1.29, 1.82) is 0 Å². The molecule has 4 heterocycles. The predicted octanol–water partition coefficient (Wildman–Crippen LogP) is 0.781. The Morgan fingerprint density at radius 3 is 2.69 bits per heavy atom. The molecule has 0 unspecified atom stereocenters. The van der Waals surface area contributed by atoms with Crippen LogP contribution in [0, 0.1) is 22.0 Å². The van der Waals surface area contributed by atoms with Gasteiger partial charge in [-0.05, 0) is 12.1 Å². The van der Waals surface area contributed by atoms with E-state index in [2.05, 4.69) is 0 Å². The van der Waals surface area contributed by atoms with E-state index in [1.807, 2.05) is 0 Å². The van der Waals surface area contributed by atoms with Crippen LogP contribution in [0.25, 0.3) is 0 Å². The van der Waals surface area contributed by atoms with Crippen LogP contribution in [-0.2, 0) is 23.8 Å². The van der Waals surface area contributed by atoms with E-state index < -0.39 is 46.6 Å². The Morgan fingerprint density at radius 2 is 1.96 bits per heavy atom. The zero-order valence-electron chi connectivity index (χ0n) is 13.4. The average Bonchev–Trinajstić information content (AvgIpc) is 3.38. The van der Waals surface area contributed by atoms with Gasteiger partial charge < -0.3 is 14.2 Å². The fraction of sp³-hybridized carbons (Fsp3) is 0.412. The number of nitro benzene ring substituents is 1. The quantitative estimate of drug-likeness (QED) is 0.340. The van der Waals surface area contributed by atoms with Crippen LogP contribution in [0.5, 0.6) is 0 Å². The van der Waals surface area contributed by atoms with Crippen LogP contribution >= 0.6 is 0 Å². The minimum Gasteiger partial charge on any atom is -0.357 e. The molecule has 2 bridgehead atoms. The van der Waals surface area contributed by atoms with E-state index in [1.54, 1.807) is 12.2 Å². The van der Waals surface area contributed by atoms with Gasteiger partial charge in [-0.2, -0.15) is 0 Å². The highest BCUT2D eigenvalue weighted by atomic mass is 16.7. The smallest absolute Gasteiger partial charge is 0.271 e. The Hall–Kier alpha value is -2.62. The van der Waals surface area contributed by atoms with Gasteiger partial charge >= 0.3 is 0 Å². The van der Waals surface area contributed by atoms with Crippen LogP contribution < -0.4 is 4.90 Å². The molecular formula is C17H14N2O7. The second-order valence-electron chi connectivity index (χ2n) is 6.66. The highest BCUT2D eigenvalue weighted by Gasteiger charge is 2.71. The molecule has 1 aromatic carbocycles. The number of benzene rings is 1. The minimum atomic E-state index is -1.13. The number of nitro groups is 1. The van der Waals surface area contributed by atoms with E-state index in [-0.39, 0.29) is 11.4 Å². The number of rotatable bonds is 3. The molecule has 4 aliphatic heterocycles. The number of carbonyl (C=O) groups excluding carboxylic acids is 2.